The molecule has 1 atom stereocenters. The Morgan fingerprint density at radius 1 is 1.32 bits per heavy atom. The molecule has 0 bridgehead atoms. The number of carbonyl (C=O) groups excluding carboxylic acids is 2. The molecular formula is C15H22ClN3O3. The second kappa shape index (κ2) is 9.27. The number of hydrogen-bond donors (Lipinski definition) is 3. The largest absolute Gasteiger partial charge is 0.494 e. The number of hydrogen-bond acceptors (Lipinski definition) is 4. The van der Waals surface area contributed by atoms with Crippen molar-refractivity contribution in [3.63, 3.8) is 0 Å². The fraction of sp³-hybridized carbons (Fsp3) is 0.467. The highest BCUT2D eigenvalue weighted by Crippen LogP contribution is 2.15. The Balaban J connectivity index is 0.00000242. The van der Waals surface area contributed by atoms with Gasteiger partial charge in [0.1, 0.15) is 5.75 Å². The molecule has 0 saturated carbocycles. The highest BCUT2D eigenvalue weighted by molar-refractivity contribution is 5.94. The maximum atomic E-state index is 11.8. The maximum absolute atomic E-state index is 11.8. The molecule has 1 heterocycles. The average molecular weight is 328 g/mol. The minimum absolute atomic E-state index is 0. The quantitative estimate of drug-likeness (QED) is 0.733. The molecule has 1 saturated heterocycles. The van der Waals surface area contributed by atoms with Crippen molar-refractivity contribution >= 4 is 29.9 Å². The summed E-state index contributed by atoms with van der Waals surface area (Å²) in [6.45, 7) is 4.05. The maximum Gasteiger partial charge on any atom is 0.243 e. The molecule has 0 aromatic heterocycles. The van der Waals surface area contributed by atoms with Crippen LogP contribution in [-0.2, 0) is 9.59 Å². The number of nitrogens with one attached hydrogen (secondary N) is 3. The summed E-state index contributed by atoms with van der Waals surface area (Å²) in [6.07, 6.45) is 0.826. The molecule has 6 nitrogen and oxygen atoms in total. The summed E-state index contributed by atoms with van der Waals surface area (Å²) in [6, 6.07) is 7.13. The zero-order valence-electron chi connectivity index (χ0n) is 12.6. The van der Waals surface area contributed by atoms with Crippen molar-refractivity contribution in [2.45, 2.75) is 13.3 Å². The van der Waals surface area contributed by atoms with Gasteiger partial charge in [0.25, 0.3) is 0 Å². The summed E-state index contributed by atoms with van der Waals surface area (Å²) >= 11 is 0. The van der Waals surface area contributed by atoms with Crippen LogP contribution in [0.4, 0.5) is 5.69 Å². The first-order chi connectivity index (χ1) is 10.2. The number of halogens is 1. The lowest BCUT2D eigenvalue weighted by atomic mass is 10.1. The lowest BCUT2D eigenvalue weighted by Crippen LogP contribution is -2.37. The monoisotopic (exact) mass is 327 g/mol. The smallest absolute Gasteiger partial charge is 0.243 e. The molecule has 1 aromatic rings. The first kappa shape index (κ1) is 18.3. The SMILES string of the molecule is CCOc1ccc(NC(=O)CNC(=O)C2CCNC2)cc1.Cl. The molecule has 1 unspecified atom stereocenters. The predicted octanol–water partition coefficient (Wildman–Crippen LogP) is 1.17. The van der Waals surface area contributed by atoms with Crippen molar-refractivity contribution in [1.82, 2.24) is 10.6 Å². The topological polar surface area (TPSA) is 79.5 Å². The first-order valence-corrected chi connectivity index (χ1v) is 7.20. The van der Waals surface area contributed by atoms with Crippen LogP contribution in [0.3, 0.4) is 0 Å². The molecule has 0 radical (unpaired) electrons. The van der Waals surface area contributed by atoms with E-state index in [1.807, 2.05) is 6.92 Å². The third kappa shape index (κ3) is 5.54. The van der Waals surface area contributed by atoms with Crippen LogP contribution in [0.15, 0.2) is 24.3 Å². The molecule has 0 aliphatic carbocycles. The van der Waals surface area contributed by atoms with E-state index in [4.69, 9.17) is 4.74 Å². The van der Waals surface area contributed by atoms with Crippen LogP contribution in [0.2, 0.25) is 0 Å². The normalized spacial score (nSPS) is 16.5. The molecule has 3 N–H and O–H groups in total. The summed E-state index contributed by atoms with van der Waals surface area (Å²) in [5, 5.41) is 8.52. The number of ether oxygens (including phenoxy) is 1. The van der Waals surface area contributed by atoms with Gasteiger partial charge >= 0.3 is 0 Å². The van der Waals surface area contributed by atoms with Crippen molar-refractivity contribution in [1.29, 1.82) is 0 Å². The number of benzene rings is 1. The van der Waals surface area contributed by atoms with Crippen molar-refractivity contribution in [3.8, 4) is 5.75 Å². The van der Waals surface area contributed by atoms with Gasteiger partial charge in [-0.3, -0.25) is 9.59 Å². The molecule has 1 aromatic carbocycles. The minimum atomic E-state index is -0.238. The van der Waals surface area contributed by atoms with Crippen LogP contribution < -0.4 is 20.7 Å². The van der Waals surface area contributed by atoms with Crippen molar-refractivity contribution < 1.29 is 14.3 Å². The van der Waals surface area contributed by atoms with Gasteiger partial charge in [0.15, 0.2) is 0 Å². The van der Waals surface area contributed by atoms with E-state index >= 15 is 0 Å². The molecule has 0 spiro atoms. The first-order valence-electron chi connectivity index (χ1n) is 7.20. The lowest BCUT2D eigenvalue weighted by molar-refractivity contribution is -0.126. The molecule has 2 amide bonds. The van der Waals surface area contributed by atoms with E-state index in [9.17, 15) is 9.59 Å². The molecule has 7 heteroatoms. The molecule has 1 aliphatic rings. The number of anilines is 1. The van der Waals surface area contributed by atoms with E-state index in [0.717, 1.165) is 18.7 Å². The average Bonchev–Trinajstić information content (AvgIpc) is 3.01. The van der Waals surface area contributed by atoms with Crippen LogP contribution in [0, 0.1) is 5.92 Å². The standard InChI is InChI=1S/C15H21N3O3.ClH/c1-2-21-13-5-3-12(4-6-13)18-14(19)10-17-15(20)11-7-8-16-9-11;/h3-6,11,16H,2,7-10H2,1H3,(H,17,20)(H,18,19);1H. The van der Waals surface area contributed by atoms with Gasteiger partial charge in [-0.2, -0.15) is 0 Å². The van der Waals surface area contributed by atoms with Crippen LogP contribution in [0.5, 0.6) is 5.75 Å². The van der Waals surface area contributed by atoms with E-state index in [0.29, 0.717) is 18.8 Å². The van der Waals surface area contributed by atoms with Gasteiger partial charge in [-0.25, -0.2) is 0 Å². The van der Waals surface area contributed by atoms with Gasteiger partial charge in [0.2, 0.25) is 11.8 Å². The third-order valence-corrected chi connectivity index (χ3v) is 3.30. The Bertz CT molecular complexity index is 487. The Morgan fingerprint density at radius 2 is 2.05 bits per heavy atom. The molecule has 1 fully saturated rings. The van der Waals surface area contributed by atoms with Gasteiger partial charge < -0.3 is 20.7 Å². The van der Waals surface area contributed by atoms with E-state index in [-0.39, 0.29) is 36.7 Å². The molecule has 1 aliphatic heterocycles. The van der Waals surface area contributed by atoms with Crippen LogP contribution in [0.25, 0.3) is 0 Å². The number of amides is 2. The second-order valence-electron chi connectivity index (χ2n) is 4.91. The van der Waals surface area contributed by atoms with Gasteiger partial charge in [-0.05, 0) is 44.2 Å². The fourth-order valence-corrected chi connectivity index (χ4v) is 2.20. The van der Waals surface area contributed by atoms with Gasteiger partial charge in [0.05, 0.1) is 19.1 Å². The Labute approximate surface area is 136 Å². The van der Waals surface area contributed by atoms with E-state index < -0.39 is 0 Å². The zero-order chi connectivity index (χ0) is 15.1. The molecule has 122 valence electrons. The summed E-state index contributed by atoms with van der Waals surface area (Å²) in [5.41, 5.74) is 0.681. The van der Waals surface area contributed by atoms with Gasteiger partial charge in [0, 0.05) is 12.2 Å². The minimum Gasteiger partial charge on any atom is -0.494 e. The second-order valence-corrected chi connectivity index (χ2v) is 4.91. The fourth-order valence-electron chi connectivity index (χ4n) is 2.20. The predicted molar refractivity (Wildman–Crippen MR) is 87.5 cm³/mol. The van der Waals surface area contributed by atoms with Crippen LogP contribution in [-0.4, -0.2) is 38.1 Å². The third-order valence-electron chi connectivity index (χ3n) is 3.30. The Kier molecular flexibility index (Phi) is 7.70. The Morgan fingerprint density at radius 3 is 2.64 bits per heavy atom. The Hall–Kier alpha value is -1.79. The van der Waals surface area contributed by atoms with E-state index in [1.165, 1.54) is 0 Å². The lowest BCUT2D eigenvalue weighted by Gasteiger charge is -2.10. The van der Waals surface area contributed by atoms with Crippen molar-refractivity contribution in [2.75, 3.05) is 31.6 Å². The summed E-state index contributed by atoms with van der Waals surface area (Å²) in [5.74, 6) is 0.432. The van der Waals surface area contributed by atoms with Gasteiger partial charge in [-0.1, -0.05) is 0 Å². The summed E-state index contributed by atoms with van der Waals surface area (Å²) in [4.78, 5) is 23.5. The summed E-state index contributed by atoms with van der Waals surface area (Å²) in [7, 11) is 0. The van der Waals surface area contributed by atoms with Crippen molar-refractivity contribution in [3.05, 3.63) is 24.3 Å². The molecular weight excluding hydrogens is 306 g/mol. The van der Waals surface area contributed by atoms with E-state index in [1.54, 1.807) is 24.3 Å². The number of rotatable bonds is 6. The molecule has 2 rings (SSSR count). The van der Waals surface area contributed by atoms with Crippen molar-refractivity contribution in [2.24, 2.45) is 5.92 Å². The van der Waals surface area contributed by atoms with Crippen LogP contribution in [0.1, 0.15) is 13.3 Å². The van der Waals surface area contributed by atoms with Gasteiger partial charge in [-0.15, -0.1) is 12.4 Å². The van der Waals surface area contributed by atoms with Crippen LogP contribution >= 0.6 is 12.4 Å². The highest BCUT2D eigenvalue weighted by atomic mass is 35.5. The number of carbonyl (C=O) groups is 2. The zero-order valence-corrected chi connectivity index (χ0v) is 13.4. The molecule has 22 heavy (non-hydrogen) atoms. The highest BCUT2D eigenvalue weighted by Gasteiger charge is 2.22. The van der Waals surface area contributed by atoms with E-state index in [2.05, 4.69) is 16.0 Å². The summed E-state index contributed by atoms with van der Waals surface area (Å²) < 4.78 is 5.33.